The van der Waals surface area contributed by atoms with E-state index in [1.807, 2.05) is 0 Å². The summed E-state index contributed by atoms with van der Waals surface area (Å²) >= 11 is 0. The molecule has 0 aliphatic heterocycles. The Hall–Kier alpha value is -2.25. The SMILES string of the molecule is O=C(O)C1CCCCC1Nc1cncc2nnnn12. The van der Waals surface area contributed by atoms with Crippen LogP contribution in [0.25, 0.3) is 5.65 Å². The maximum atomic E-state index is 11.3. The minimum absolute atomic E-state index is 0.108. The fourth-order valence-corrected chi connectivity index (χ4v) is 2.56. The Bertz CT molecular complexity index is 598. The Morgan fingerprint density at radius 2 is 2.21 bits per heavy atom. The second-order valence-corrected chi connectivity index (χ2v) is 4.72. The second kappa shape index (κ2) is 4.79. The standard InChI is InChI=1S/C11H14N6O2/c18-11(19)7-3-1-2-4-8(7)13-9-5-12-6-10-14-15-16-17(9)10/h5-8,13H,1-4H2,(H,18,19). The summed E-state index contributed by atoms with van der Waals surface area (Å²) < 4.78 is 1.53. The monoisotopic (exact) mass is 262 g/mol. The quantitative estimate of drug-likeness (QED) is 0.833. The third-order valence-corrected chi connectivity index (χ3v) is 3.53. The molecule has 2 heterocycles. The molecular formula is C11H14N6O2. The van der Waals surface area contributed by atoms with E-state index in [0.717, 1.165) is 19.3 Å². The van der Waals surface area contributed by atoms with E-state index < -0.39 is 5.97 Å². The van der Waals surface area contributed by atoms with E-state index in [4.69, 9.17) is 0 Å². The number of hydrogen-bond acceptors (Lipinski definition) is 6. The zero-order valence-electron chi connectivity index (χ0n) is 10.2. The fraction of sp³-hybridized carbons (Fsp3) is 0.545. The summed E-state index contributed by atoms with van der Waals surface area (Å²) in [5, 5.41) is 23.7. The van der Waals surface area contributed by atoms with Crippen molar-refractivity contribution >= 4 is 17.4 Å². The molecular weight excluding hydrogens is 248 g/mol. The molecule has 0 bridgehead atoms. The van der Waals surface area contributed by atoms with Crippen LogP contribution in [0.15, 0.2) is 12.4 Å². The van der Waals surface area contributed by atoms with Crippen molar-refractivity contribution in [1.29, 1.82) is 0 Å². The van der Waals surface area contributed by atoms with Crippen LogP contribution in [0.4, 0.5) is 5.82 Å². The number of carboxylic acid groups (broad SMARTS) is 1. The molecule has 1 aliphatic carbocycles. The number of anilines is 1. The molecule has 0 saturated heterocycles. The molecule has 0 aromatic carbocycles. The number of aromatic nitrogens is 5. The molecule has 3 rings (SSSR count). The number of carboxylic acids is 1. The summed E-state index contributed by atoms with van der Waals surface area (Å²) in [5.74, 6) is -0.504. The van der Waals surface area contributed by atoms with E-state index in [0.29, 0.717) is 17.9 Å². The summed E-state index contributed by atoms with van der Waals surface area (Å²) in [6.07, 6.45) is 6.68. The maximum absolute atomic E-state index is 11.3. The number of hydrogen-bond donors (Lipinski definition) is 2. The van der Waals surface area contributed by atoms with E-state index in [-0.39, 0.29) is 12.0 Å². The van der Waals surface area contributed by atoms with Crippen LogP contribution in [0.1, 0.15) is 25.7 Å². The Balaban J connectivity index is 1.87. The molecule has 2 unspecified atom stereocenters. The first-order chi connectivity index (χ1) is 9.25. The molecule has 19 heavy (non-hydrogen) atoms. The molecule has 0 amide bonds. The highest BCUT2D eigenvalue weighted by molar-refractivity contribution is 5.71. The van der Waals surface area contributed by atoms with Crippen LogP contribution in [0, 0.1) is 5.92 Å². The van der Waals surface area contributed by atoms with Gasteiger partial charge in [-0.05, 0) is 23.3 Å². The number of carbonyl (C=O) groups is 1. The highest BCUT2D eigenvalue weighted by Crippen LogP contribution is 2.27. The minimum Gasteiger partial charge on any atom is -0.481 e. The number of nitrogens with one attached hydrogen (secondary N) is 1. The van der Waals surface area contributed by atoms with Gasteiger partial charge in [0, 0.05) is 6.04 Å². The highest BCUT2D eigenvalue weighted by Gasteiger charge is 2.31. The topological polar surface area (TPSA) is 105 Å². The third kappa shape index (κ3) is 2.20. The molecule has 2 N–H and O–H groups in total. The smallest absolute Gasteiger partial charge is 0.308 e. The number of fused-ring (bicyclic) bond motifs is 1. The van der Waals surface area contributed by atoms with Crippen LogP contribution in [-0.4, -0.2) is 42.1 Å². The van der Waals surface area contributed by atoms with Crippen molar-refractivity contribution in [2.45, 2.75) is 31.7 Å². The van der Waals surface area contributed by atoms with Crippen LogP contribution >= 0.6 is 0 Å². The fourth-order valence-electron chi connectivity index (χ4n) is 2.56. The first-order valence-electron chi connectivity index (χ1n) is 6.27. The lowest BCUT2D eigenvalue weighted by molar-refractivity contribution is -0.143. The van der Waals surface area contributed by atoms with Gasteiger partial charge in [0.05, 0.1) is 18.3 Å². The van der Waals surface area contributed by atoms with Gasteiger partial charge in [-0.3, -0.25) is 9.78 Å². The van der Waals surface area contributed by atoms with Crippen molar-refractivity contribution in [3.63, 3.8) is 0 Å². The Labute approximate surface area is 108 Å². The van der Waals surface area contributed by atoms with Gasteiger partial charge >= 0.3 is 5.97 Å². The predicted molar refractivity (Wildman–Crippen MR) is 65.6 cm³/mol. The van der Waals surface area contributed by atoms with E-state index >= 15 is 0 Å². The van der Waals surface area contributed by atoms with E-state index in [2.05, 4.69) is 25.8 Å². The molecule has 1 fully saturated rings. The number of aliphatic carboxylic acids is 1. The molecule has 2 atom stereocenters. The number of nitrogens with zero attached hydrogens (tertiary/aromatic N) is 5. The normalized spacial score (nSPS) is 23.4. The van der Waals surface area contributed by atoms with Gasteiger partial charge in [0.25, 0.3) is 0 Å². The molecule has 1 saturated carbocycles. The molecule has 0 spiro atoms. The average Bonchev–Trinajstić information content (AvgIpc) is 2.88. The van der Waals surface area contributed by atoms with Crippen molar-refractivity contribution in [3.8, 4) is 0 Å². The van der Waals surface area contributed by atoms with E-state index in [1.54, 1.807) is 12.4 Å². The first-order valence-corrected chi connectivity index (χ1v) is 6.27. The molecule has 2 aromatic rings. The Kier molecular flexibility index (Phi) is 2.98. The third-order valence-electron chi connectivity index (χ3n) is 3.53. The Morgan fingerprint density at radius 1 is 1.37 bits per heavy atom. The summed E-state index contributed by atoms with van der Waals surface area (Å²) in [6, 6.07) is -0.108. The zero-order chi connectivity index (χ0) is 13.2. The van der Waals surface area contributed by atoms with Gasteiger partial charge in [0.2, 0.25) is 0 Å². The minimum atomic E-state index is -0.756. The number of tetrazole rings is 1. The molecule has 100 valence electrons. The molecule has 1 aliphatic rings. The van der Waals surface area contributed by atoms with Crippen LogP contribution < -0.4 is 5.32 Å². The van der Waals surface area contributed by atoms with Gasteiger partial charge in [-0.2, -0.15) is 4.52 Å². The van der Waals surface area contributed by atoms with Crippen LogP contribution in [0.2, 0.25) is 0 Å². The summed E-state index contributed by atoms with van der Waals surface area (Å²) in [7, 11) is 0. The van der Waals surface area contributed by atoms with Gasteiger partial charge < -0.3 is 10.4 Å². The van der Waals surface area contributed by atoms with Gasteiger partial charge in [0.15, 0.2) is 11.5 Å². The van der Waals surface area contributed by atoms with Crippen molar-refractivity contribution < 1.29 is 9.90 Å². The van der Waals surface area contributed by atoms with Crippen molar-refractivity contribution in [2.24, 2.45) is 5.92 Å². The summed E-state index contributed by atoms with van der Waals surface area (Å²) in [4.78, 5) is 15.3. The van der Waals surface area contributed by atoms with E-state index in [9.17, 15) is 9.90 Å². The molecule has 8 heteroatoms. The molecule has 2 aromatic heterocycles. The number of rotatable bonds is 3. The van der Waals surface area contributed by atoms with Gasteiger partial charge in [-0.25, -0.2) is 0 Å². The van der Waals surface area contributed by atoms with Gasteiger partial charge in [-0.15, -0.1) is 5.10 Å². The first kappa shape index (κ1) is 11.8. The van der Waals surface area contributed by atoms with Gasteiger partial charge in [0.1, 0.15) is 0 Å². The summed E-state index contributed by atoms with van der Waals surface area (Å²) in [6.45, 7) is 0. The Morgan fingerprint density at radius 3 is 3.05 bits per heavy atom. The average molecular weight is 262 g/mol. The van der Waals surface area contributed by atoms with Crippen LogP contribution in [0.5, 0.6) is 0 Å². The maximum Gasteiger partial charge on any atom is 0.308 e. The predicted octanol–water partition coefficient (Wildman–Crippen LogP) is 0.575. The van der Waals surface area contributed by atoms with Crippen molar-refractivity contribution in [1.82, 2.24) is 25.0 Å². The highest BCUT2D eigenvalue weighted by atomic mass is 16.4. The summed E-state index contributed by atoms with van der Waals surface area (Å²) in [5.41, 5.74) is 0.535. The van der Waals surface area contributed by atoms with Crippen molar-refractivity contribution in [2.75, 3.05) is 5.32 Å². The van der Waals surface area contributed by atoms with Crippen LogP contribution in [0.3, 0.4) is 0 Å². The zero-order valence-corrected chi connectivity index (χ0v) is 10.2. The lowest BCUT2D eigenvalue weighted by Gasteiger charge is -2.29. The molecule has 8 nitrogen and oxygen atoms in total. The van der Waals surface area contributed by atoms with Crippen molar-refractivity contribution in [3.05, 3.63) is 12.4 Å². The van der Waals surface area contributed by atoms with Gasteiger partial charge in [-0.1, -0.05) is 12.8 Å². The second-order valence-electron chi connectivity index (χ2n) is 4.72. The van der Waals surface area contributed by atoms with Crippen LogP contribution in [-0.2, 0) is 4.79 Å². The lowest BCUT2D eigenvalue weighted by atomic mass is 9.84. The lowest BCUT2D eigenvalue weighted by Crippen LogP contribution is -2.37. The van der Waals surface area contributed by atoms with E-state index in [1.165, 1.54) is 4.52 Å². The molecule has 0 radical (unpaired) electrons. The largest absolute Gasteiger partial charge is 0.481 e.